The van der Waals surface area contributed by atoms with Crippen molar-refractivity contribution < 1.29 is 13.9 Å². The van der Waals surface area contributed by atoms with Crippen molar-refractivity contribution in [2.24, 2.45) is 0 Å². The lowest BCUT2D eigenvalue weighted by atomic mass is 9.84. The Labute approximate surface area is 237 Å². The molecule has 8 nitrogen and oxygen atoms in total. The van der Waals surface area contributed by atoms with Gasteiger partial charge in [0.15, 0.2) is 0 Å². The monoisotopic (exact) mass is 559 g/mol. The Hall–Kier alpha value is -3.01. The Balaban J connectivity index is 1.17. The van der Waals surface area contributed by atoms with Crippen LogP contribution in [0.2, 0.25) is 0 Å². The first kappa shape index (κ1) is 25.9. The van der Waals surface area contributed by atoms with Gasteiger partial charge in [0.25, 0.3) is 0 Å². The Morgan fingerprint density at radius 1 is 1.00 bits per heavy atom. The van der Waals surface area contributed by atoms with Gasteiger partial charge in [-0.1, -0.05) is 25.0 Å². The van der Waals surface area contributed by atoms with E-state index in [1.54, 1.807) is 25.4 Å². The lowest BCUT2D eigenvalue weighted by Gasteiger charge is -2.30. The minimum absolute atomic E-state index is 0.103. The zero-order chi connectivity index (χ0) is 27.5. The summed E-state index contributed by atoms with van der Waals surface area (Å²) >= 11 is 0. The van der Waals surface area contributed by atoms with E-state index in [1.165, 1.54) is 25.7 Å². The molecule has 1 spiro atoms. The molecular formula is C31H37N5O3S. The summed E-state index contributed by atoms with van der Waals surface area (Å²) in [6, 6.07) is 11.2. The molecule has 7 rings (SSSR count). The molecular weight excluding hydrogens is 522 g/mol. The van der Waals surface area contributed by atoms with Crippen molar-refractivity contribution in [1.29, 1.82) is 0 Å². The summed E-state index contributed by atoms with van der Waals surface area (Å²) in [6.07, 6.45) is 10.9. The summed E-state index contributed by atoms with van der Waals surface area (Å²) in [4.78, 5) is 30.8. The summed E-state index contributed by atoms with van der Waals surface area (Å²) in [5.41, 5.74) is 7.20. The minimum Gasteiger partial charge on any atom is -0.334 e. The van der Waals surface area contributed by atoms with Gasteiger partial charge in [-0.25, -0.2) is 19.7 Å². The second-order valence-corrected chi connectivity index (χ2v) is 14.3. The van der Waals surface area contributed by atoms with Gasteiger partial charge in [-0.05, 0) is 75.3 Å². The summed E-state index contributed by atoms with van der Waals surface area (Å²) in [5, 5.41) is 3.09. The van der Waals surface area contributed by atoms with Crippen LogP contribution in [0.25, 0.3) is 11.3 Å². The summed E-state index contributed by atoms with van der Waals surface area (Å²) < 4.78 is 20.3. The largest absolute Gasteiger partial charge is 0.334 e. The van der Waals surface area contributed by atoms with Gasteiger partial charge in [-0.15, -0.1) is 0 Å². The van der Waals surface area contributed by atoms with Gasteiger partial charge in [-0.2, -0.15) is 10.6 Å². The average molecular weight is 560 g/mol. The number of carbonyl (C=O) groups is 1. The highest BCUT2D eigenvalue weighted by Crippen LogP contribution is 2.53. The maximum Gasteiger partial charge on any atom is 0.322 e. The van der Waals surface area contributed by atoms with Crippen molar-refractivity contribution in [2.75, 3.05) is 17.2 Å². The van der Waals surface area contributed by atoms with Gasteiger partial charge >= 0.3 is 6.03 Å². The second-order valence-electron chi connectivity index (χ2n) is 12.0. The van der Waals surface area contributed by atoms with E-state index in [1.807, 2.05) is 17.0 Å². The molecule has 3 N–H and O–H groups in total. The van der Waals surface area contributed by atoms with Gasteiger partial charge < -0.3 is 5.32 Å². The number of hydrogen-bond acceptors (Lipinski definition) is 6. The molecule has 40 heavy (non-hydrogen) atoms. The molecule has 3 aliphatic carbocycles. The van der Waals surface area contributed by atoms with Crippen molar-refractivity contribution in [2.45, 2.75) is 87.0 Å². The molecule has 3 saturated carbocycles. The third kappa shape index (κ3) is 4.58. The molecule has 1 aliphatic heterocycles. The Kier molecular flexibility index (Phi) is 6.36. The highest BCUT2D eigenvalue weighted by atomic mass is 32.3. The SMILES string of the molecule is CCS(O)(O)c1ccc(CNC(=O)N2CC3(CCCC3)c3nc(-c4c(C5CC5)ncnc4C4CC4)ccc32)cc1. The van der Waals surface area contributed by atoms with E-state index < -0.39 is 10.6 Å². The first-order valence-electron chi connectivity index (χ1n) is 14.7. The van der Waals surface area contributed by atoms with Crippen molar-refractivity contribution in [3.63, 3.8) is 0 Å². The van der Waals surface area contributed by atoms with E-state index in [-0.39, 0.29) is 17.2 Å². The predicted molar refractivity (Wildman–Crippen MR) is 157 cm³/mol. The highest BCUT2D eigenvalue weighted by molar-refractivity contribution is 8.24. The molecule has 9 heteroatoms. The summed E-state index contributed by atoms with van der Waals surface area (Å²) in [7, 11) is -2.75. The van der Waals surface area contributed by atoms with E-state index in [2.05, 4.69) is 17.4 Å². The molecule has 4 aliphatic rings. The molecule has 3 aromatic rings. The molecule has 0 bridgehead atoms. The maximum absolute atomic E-state index is 13.5. The number of aromatic nitrogens is 3. The van der Waals surface area contributed by atoms with Crippen molar-refractivity contribution >= 4 is 22.3 Å². The van der Waals surface area contributed by atoms with Crippen molar-refractivity contribution in [3.8, 4) is 11.3 Å². The molecule has 0 saturated heterocycles. The molecule has 0 radical (unpaired) electrons. The highest BCUT2D eigenvalue weighted by Gasteiger charge is 2.48. The number of nitrogens with zero attached hydrogens (tertiary/aromatic N) is 4. The number of benzene rings is 1. The van der Waals surface area contributed by atoms with Crippen LogP contribution < -0.4 is 10.2 Å². The van der Waals surface area contributed by atoms with Crippen LogP contribution in [-0.4, -0.2) is 42.4 Å². The van der Waals surface area contributed by atoms with Crippen LogP contribution in [0.5, 0.6) is 0 Å². The lowest BCUT2D eigenvalue weighted by molar-refractivity contribution is 0.245. The number of nitrogens with one attached hydrogen (secondary N) is 1. The number of hydrogen-bond donors (Lipinski definition) is 3. The van der Waals surface area contributed by atoms with Crippen LogP contribution >= 0.6 is 10.6 Å². The zero-order valence-corrected chi connectivity index (χ0v) is 23.8. The van der Waals surface area contributed by atoms with Crippen LogP contribution in [0, 0.1) is 0 Å². The topological polar surface area (TPSA) is 111 Å². The van der Waals surface area contributed by atoms with Crippen LogP contribution in [0.3, 0.4) is 0 Å². The molecule has 2 aromatic heterocycles. The number of anilines is 1. The van der Waals surface area contributed by atoms with Gasteiger partial charge in [0.05, 0.1) is 33.4 Å². The fourth-order valence-corrected chi connectivity index (χ4v) is 7.47. The third-order valence-electron chi connectivity index (χ3n) is 9.17. The molecule has 210 valence electrons. The quantitative estimate of drug-likeness (QED) is 0.288. The first-order valence-corrected chi connectivity index (χ1v) is 16.4. The van der Waals surface area contributed by atoms with E-state index in [4.69, 9.17) is 15.0 Å². The van der Waals surface area contributed by atoms with Crippen molar-refractivity contribution in [3.05, 3.63) is 65.4 Å². The fraction of sp³-hybridized carbons (Fsp3) is 0.484. The minimum atomic E-state index is -2.75. The van der Waals surface area contributed by atoms with Gasteiger partial charge in [0, 0.05) is 41.7 Å². The van der Waals surface area contributed by atoms with Crippen LogP contribution in [-0.2, 0) is 12.0 Å². The molecule has 0 atom stereocenters. The predicted octanol–water partition coefficient (Wildman–Crippen LogP) is 6.96. The first-order chi connectivity index (χ1) is 19.4. The molecule has 2 amide bonds. The molecule has 1 aromatic carbocycles. The van der Waals surface area contributed by atoms with Gasteiger partial charge in [-0.3, -0.25) is 14.0 Å². The number of carbonyl (C=O) groups excluding carboxylic acids is 1. The summed E-state index contributed by atoms with van der Waals surface area (Å²) in [6.45, 7) is 2.78. The van der Waals surface area contributed by atoms with Gasteiger partial charge in [0.2, 0.25) is 0 Å². The van der Waals surface area contributed by atoms with Crippen LogP contribution in [0.1, 0.15) is 92.8 Å². The smallest absolute Gasteiger partial charge is 0.322 e. The van der Waals surface area contributed by atoms with Crippen LogP contribution in [0.4, 0.5) is 10.5 Å². The van der Waals surface area contributed by atoms with Crippen LogP contribution in [0.15, 0.2) is 47.6 Å². The molecule has 3 fully saturated rings. The van der Waals surface area contributed by atoms with E-state index in [9.17, 15) is 13.9 Å². The Morgan fingerprint density at radius 3 is 2.25 bits per heavy atom. The van der Waals surface area contributed by atoms with Gasteiger partial charge in [0.1, 0.15) is 6.33 Å². The third-order valence-corrected chi connectivity index (χ3v) is 11.0. The number of pyridine rings is 1. The number of amides is 2. The fourth-order valence-electron chi connectivity index (χ4n) is 6.56. The number of fused-ring (bicyclic) bond motifs is 2. The van der Waals surface area contributed by atoms with Crippen molar-refractivity contribution in [1.82, 2.24) is 20.3 Å². The number of rotatable bonds is 7. The molecule has 0 unspecified atom stereocenters. The summed E-state index contributed by atoms with van der Waals surface area (Å²) in [5.74, 6) is 1.31. The number of urea groups is 1. The lowest BCUT2D eigenvalue weighted by Crippen LogP contribution is -2.41. The standard InChI is InChI=1S/C31H37N5O3S/c1-2-40(38,39)23-11-5-20(6-12-23)17-32-30(37)36-18-31(15-3-4-16-31)29-25(36)14-13-24(35-29)26-27(21-7-8-21)33-19-34-28(26)22-9-10-22/h5-6,11-14,19,21-22,38-39H,2-4,7-10,15-18H2,1H3,(H,32,37). The normalized spacial score (nSPS) is 20.1. The Morgan fingerprint density at radius 2 is 1.65 bits per heavy atom. The Bertz CT molecular complexity index is 1420. The van der Waals surface area contributed by atoms with E-state index >= 15 is 0 Å². The van der Waals surface area contributed by atoms with E-state index in [0.29, 0.717) is 29.8 Å². The average Bonchev–Trinajstić information content (AvgIpc) is 3.93. The maximum atomic E-state index is 13.5. The van der Waals surface area contributed by atoms with E-state index in [0.717, 1.165) is 65.3 Å². The zero-order valence-electron chi connectivity index (χ0n) is 23.0. The molecule has 3 heterocycles. The second kappa shape index (κ2) is 9.82.